The third-order valence-corrected chi connectivity index (χ3v) is 8.02. The molecular formula is C29H37ClN2O4. The molecule has 0 aliphatic heterocycles. The van der Waals surface area contributed by atoms with Gasteiger partial charge in [-0.15, -0.1) is 0 Å². The van der Waals surface area contributed by atoms with Gasteiger partial charge in [0.2, 0.25) is 0 Å². The van der Waals surface area contributed by atoms with Gasteiger partial charge in [0.15, 0.2) is 6.23 Å². The quantitative estimate of drug-likeness (QED) is 0.258. The summed E-state index contributed by atoms with van der Waals surface area (Å²) < 4.78 is 0. The largest absolute Gasteiger partial charge is 0.481 e. The predicted molar refractivity (Wildman–Crippen MR) is 143 cm³/mol. The van der Waals surface area contributed by atoms with Crippen molar-refractivity contribution in [3.63, 3.8) is 0 Å². The number of aryl methyl sites for hydroxylation is 1. The van der Waals surface area contributed by atoms with E-state index in [9.17, 15) is 20.1 Å². The highest BCUT2D eigenvalue weighted by molar-refractivity contribution is 6.33. The molecule has 0 bridgehead atoms. The highest BCUT2D eigenvalue weighted by Crippen LogP contribution is 2.41. The summed E-state index contributed by atoms with van der Waals surface area (Å²) in [5, 5.41) is 35.2. The van der Waals surface area contributed by atoms with Crippen molar-refractivity contribution in [1.82, 2.24) is 4.98 Å². The lowest BCUT2D eigenvalue weighted by Crippen LogP contribution is -2.37. The number of aliphatic carboxylic acids is 1. The molecular weight excluding hydrogens is 476 g/mol. The van der Waals surface area contributed by atoms with E-state index in [1.54, 1.807) is 6.20 Å². The van der Waals surface area contributed by atoms with Gasteiger partial charge in [0, 0.05) is 12.4 Å². The monoisotopic (exact) mass is 512 g/mol. The molecule has 4 rings (SSSR count). The maximum atomic E-state index is 11.4. The van der Waals surface area contributed by atoms with Gasteiger partial charge >= 0.3 is 5.97 Å². The molecule has 0 radical (unpaired) electrons. The first kappa shape index (κ1) is 26.6. The van der Waals surface area contributed by atoms with Crippen molar-refractivity contribution in [3.8, 4) is 0 Å². The number of aliphatic hydroxyl groups excluding tert-OH is 2. The van der Waals surface area contributed by atoms with Crippen LogP contribution in [-0.4, -0.2) is 38.6 Å². The minimum atomic E-state index is -1.22. The van der Waals surface area contributed by atoms with E-state index in [2.05, 4.69) is 28.5 Å². The molecule has 7 heteroatoms. The maximum absolute atomic E-state index is 11.4. The smallest absolute Gasteiger partial charge is 0.310 e. The molecule has 5 atom stereocenters. The Morgan fingerprint density at radius 1 is 1.17 bits per heavy atom. The number of aliphatic hydroxyl groups is 2. The van der Waals surface area contributed by atoms with Crippen molar-refractivity contribution in [2.24, 2.45) is 17.8 Å². The van der Waals surface area contributed by atoms with Crippen molar-refractivity contribution in [3.05, 3.63) is 70.1 Å². The number of nitrogens with zero attached hydrogens (tertiary/aromatic N) is 1. The summed E-state index contributed by atoms with van der Waals surface area (Å²) in [6.07, 6.45) is 19.2. The number of hydrogen-bond donors (Lipinski definition) is 4. The fourth-order valence-corrected chi connectivity index (χ4v) is 5.99. The van der Waals surface area contributed by atoms with Gasteiger partial charge in [0.1, 0.15) is 6.10 Å². The van der Waals surface area contributed by atoms with E-state index in [0.29, 0.717) is 35.4 Å². The first-order chi connectivity index (χ1) is 17.4. The molecule has 1 heterocycles. The van der Waals surface area contributed by atoms with Gasteiger partial charge in [-0.1, -0.05) is 60.1 Å². The minimum absolute atomic E-state index is 0.297. The van der Waals surface area contributed by atoms with Gasteiger partial charge in [-0.05, 0) is 80.8 Å². The number of carbonyl (C=O) groups is 1. The average Bonchev–Trinajstić information content (AvgIpc) is 2.85. The Balaban J connectivity index is 1.59. The Hall–Kier alpha value is -2.41. The lowest BCUT2D eigenvalue weighted by molar-refractivity contribution is -0.140. The molecule has 6 nitrogen and oxygen atoms in total. The third-order valence-electron chi connectivity index (χ3n) is 7.74. The lowest BCUT2D eigenvalue weighted by atomic mass is 9.73. The summed E-state index contributed by atoms with van der Waals surface area (Å²) in [5.74, 6) is -0.519. The van der Waals surface area contributed by atoms with Gasteiger partial charge < -0.3 is 20.6 Å². The first-order valence-corrected chi connectivity index (χ1v) is 13.5. The number of nitrogens with one attached hydrogen (secondary N) is 1. The number of aromatic nitrogens is 1. The van der Waals surface area contributed by atoms with Crippen LogP contribution in [-0.2, 0) is 11.2 Å². The van der Waals surface area contributed by atoms with Crippen LogP contribution < -0.4 is 5.32 Å². The normalized spacial score (nSPS) is 25.9. The van der Waals surface area contributed by atoms with Crippen LogP contribution in [0.25, 0.3) is 0 Å². The van der Waals surface area contributed by atoms with Crippen LogP contribution in [0.1, 0.15) is 63.9 Å². The van der Waals surface area contributed by atoms with E-state index in [4.69, 9.17) is 11.6 Å². The molecule has 5 unspecified atom stereocenters. The Morgan fingerprint density at radius 2 is 1.97 bits per heavy atom. The molecule has 3 aliphatic carbocycles. The van der Waals surface area contributed by atoms with Crippen molar-refractivity contribution in [2.45, 2.75) is 77.0 Å². The summed E-state index contributed by atoms with van der Waals surface area (Å²) in [6.45, 7) is 1.99. The number of fused-ring (bicyclic) bond motifs is 1. The van der Waals surface area contributed by atoms with Gasteiger partial charge in [0.05, 0.1) is 16.6 Å². The summed E-state index contributed by atoms with van der Waals surface area (Å²) >= 11 is 6.36. The Bertz CT molecular complexity index is 1080. The molecule has 0 fully saturated rings. The zero-order valence-electron chi connectivity index (χ0n) is 20.9. The first-order valence-electron chi connectivity index (χ1n) is 13.1. The Kier molecular flexibility index (Phi) is 9.04. The van der Waals surface area contributed by atoms with Gasteiger partial charge in [0.25, 0.3) is 0 Å². The van der Waals surface area contributed by atoms with E-state index < -0.39 is 24.2 Å². The molecule has 3 aliphatic rings. The molecule has 0 saturated carbocycles. The standard InChI is InChI=1S/C29H37ClN2O4/c1-2-20-16-31-17-25(30)26(20)32-28(34)27(33)24-15-19(13-18-9-11-21(12-10-18)29(35)36)14-22-7-5-3-4-6-8-23(22)24/h3-4,9,11,15-18,21-22,27-28,33-34H,2,5-8,10,12-14H2,1H3,(H,31,32)(H,35,36). The zero-order chi connectivity index (χ0) is 25.7. The van der Waals surface area contributed by atoms with Crippen LogP contribution >= 0.6 is 11.6 Å². The highest BCUT2D eigenvalue weighted by atomic mass is 35.5. The van der Waals surface area contributed by atoms with Crippen molar-refractivity contribution in [1.29, 1.82) is 0 Å². The number of hydrogen-bond acceptors (Lipinski definition) is 5. The summed E-state index contributed by atoms with van der Waals surface area (Å²) in [5.41, 5.74) is 4.78. The van der Waals surface area contributed by atoms with Crippen LogP contribution in [0, 0.1) is 17.8 Å². The van der Waals surface area contributed by atoms with Crippen LogP contribution in [0.15, 0.2) is 59.5 Å². The molecule has 1 aromatic heterocycles. The number of halogens is 1. The molecule has 1 aromatic rings. The van der Waals surface area contributed by atoms with E-state index in [1.165, 1.54) is 17.3 Å². The summed E-state index contributed by atoms with van der Waals surface area (Å²) in [4.78, 5) is 15.4. The van der Waals surface area contributed by atoms with Crippen molar-refractivity contribution in [2.75, 3.05) is 5.32 Å². The lowest BCUT2D eigenvalue weighted by Gasteiger charge is -2.34. The number of pyridine rings is 1. The fourth-order valence-electron chi connectivity index (χ4n) is 5.75. The van der Waals surface area contributed by atoms with Gasteiger partial charge in [-0.25, -0.2) is 0 Å². The topological polar surface area (TPSA) is 103 Å². The molecule has 0 amide bonds. The van der Waals surface area contributed by atoms with Crippen molar-refractivity contribution >= 4 is 23.3 Å². The number of rotatable bonds is 8. The van der Waals surface area contributed by atoms with E-state index in [1.807, 2.05) is 19.1 Å². The third kappa shape index (κ3) is 6.28. The Morgan fingerprint density at radius 3 is 2.69 bits per heavy atom. The SMILES string of the molecule is CCc1cncc(Cl)c1NC(O)C(O)C1=C2CCC=CCCC2CC(CC2C=CC(C(=O)O)CC2)=C1. The summed E-state index contributed by atoms with van der Waals surface area (Å²) in [6, 6.07) is 0. The van der Waals surface area contributed by atoms with Crippen LogP contribution in [0.4, 0.5) is 5.69 Å². The molecule has 194 valence electrons. The van der Waals surface area contributed by atoms with Gasteiger partial charge in [-0.2, -0.15) is 0 Å². The zero-order valence-corrected chi connectivity index (χ0v) is 21.6. The highest BCUT2D eigenvalue weighted by Gasteiger charge is 2.31. The summed E-state index contributed by atoms with van der Waals surface area (Å²) in [7, 11) is 0. The van der Waals surface area contributed by atoms with Crippen LogP contribution in [0.5, 0.6) is 0 Å². The second-order valence-electron chi connectivity index (χ2n) is 10.2. The molecule has 36 heavy (non-hydrogen) atoms. The second-order valence-corrected chi connectivity index (χ2v) is 10.6. The minimum Gasteiger partial charge on any atom is -0.481 e. The second kappa shape index (κ2) is 12.2. The predicted octanol–water partition coefficient (Wildman–Crippen LogP) is 5.82. The number of allylic oxidation sites excluding steroid dienone is 5. The Labute approximate surface area is 218 Å². The van der Waals surface area contributed by atoms with E-state index >= 15 is 0 Å². The van der Waals surface area contributed by atoms with Gasteiger partial charge in [-0.3, -0.25) is 9.78 Å². The van der Waals surface area contributed by atoms with Crippen LogP contribution in [0.3, 0.4) is 0 Å². The maximum Gasteiger partial charge on any atom is 0.310 e. The number of carboxylic acids is 1. The molecule has 4 N–H and O–H groups in total. The average molecular weight is 513 g/mol. The molecule has 0 spiro atoms. The number of carboxylic acid groups (broad SMARTS) is 1. The molecule has 0 aromatic carbocycles. The fraction of sp³-hybridized carbons (Fsp3) is 0.517. The molecule has 0 saturated heterocycles. The van der Waals surface area contributed by atoms with Crippen molar-refractivity contribution < 1.29 is 20.1 Å². The number of anilines is 1. The van der Waals surface area contributed by atoms with Crippen LogP contribution in [0.2, 0.25) is 5.02 Å². The van der Waals surface area contributed by atoms with E-state index in [0.717, 1.165) is 56.1 Å². The van der Waals surface area contributed by atoms with E-state index in [-0.39, 0.29) is 0 Å².